The minimum atomic E-state index is -0.791. The highest BCUT2D eigenvalue weighted by atomic mass is 19.2. The molecule has 100 valence electrons. The van der Waals surface area contributed by atoms with Crippen LogP contribution in [0.3, 0.4) is 0 Å². The molecule has 1 aliphatic rings. The highest BCUT2D eigenvalue weighted by molar-refractivity contribution is 5.47. The van der Waals surface area contributed by atoms with E-state index < -0.39 is 11.6 Å². The molecule has 18 heavy (non-hydrogen) atoms. The van der Waals surface area contributed by atoms with E-state index in [1.54, 1.807) is 6.07 Å². The molecule has 0 bridgehead atoms. The number of rotatable bonds is 4. The van der Waals surface area contributed by atoms with Crippen LogP contribution in [0.4, 0.5) is 14.5 Å². The molecule has 1 aromatic carbocycles. The quantitative estimate of drug-likeness (QED) is 0.883. The van der Waals surface area contributed by atoms with Crippen LogP contribution in [0, 0.1) is 11.6 Å². The van der Waals surface area contributed by atoms with Crippen molar-refractivity contribution in [3.05, 3.63) is 29.8 Å². The number of hydrogen-bond donors (Lipinski definition) is 1. The lowest BCUT2D eigenvalue weighted by atomic mass is 10.2. The Morgan fingerprint density at radius 2 is 1.78 bits per heavy atom. The molecule has 0 aliphatic carbocycles. The molecule has 2 rings (SSSR count). The molecule has 0 spiro atoms. The average Bonchev–Trinajstić information content (AvgIpc) is 2.40. The Morgan fingerprint density at radius 1 is 1.06 bits per heavy atom. The second kappa shape index (κ2) is 6.11. The minimum Gasteiger partial charge on any atom is -0.369 e. The lowest BCUT2D eigenvalue weighted by Gasteiger charge is -2.36. The molecule has 0 unspecified atom stereocenters. The fraction of sp³-hybridized carbons (Fsp3) is 0.538. The van der Waals surface area contributed by atoms with Crippen LogP contribution >= 0.6 is 0 Å². The largest absolute Gasteiger partial charge is 0.369 e. The SMILES string of the molecule is NCCCN1CCN(c2ccc(F)c(F)c2)CC1. The van der Waals surface area contributed by atoms with Crippen LogP contribution in [0.5, 0.6) is 0 Å². The standard InChI is InChI=1S/C13H19F2N3/c14-12-3-2-11(10-13(12)15)18-8-6-17(7-9-18)5-1-4-16/h2-3,10H,1,4-9,16H2. The van der Waals surface area contributed by atoms with E-state index in [1.165, 1.54) is 12.1 Å². The highest BCUT2D eigenvalue weighted by Crippen LogP contribution is 2.19. The van der Waals surface area contributed by atoms with Gasteiger partial charge in [-0.25, -0.2) is 8.78 Å². The summed E-state index contributed by atoms with van der Waals surface area (Å²) in [6.07, 6.45) is 1.01. The Hall–Kier alpha value is -1.20. The molecule has 1 aliphatic heterocycles. The summed E-state index contributed by atoms with van der Waals surface area (Å²) in [7, 11) is 0. The van der Waals surface area contributed by atoms with Gasteiger partial charge in [-0.1, -0.05) is 0 Å². The molecule has 1 heterocycles. The summed E-state index contributed by atoms with van der Waals surface area (Å²) in [4.78, 5) is 4.44. The monoisotopic (exact) mass is 255 g/mol. The first-order chi connectivity index (χ1) is 8.70. The first-order valence-electron chi connectivity index (χ1n) is 6.33. The first kappa shape index (κ1) is 13.2. The van der Waals surface area contributed by atoms with Crippen LogP contribution in [-0.2, 0) is 0 Å². The summed E-state index contributed by atoms with van der Waals surface area (Å²) < 4.78 is 26.0. The first-order valence-corrected chi connectivity index (χ1v) is 6.33. The molecular weight excluding hydrogens is 236 g/mol. The van der Waals surface area contributed by atoms with Gasteiger partial charge in [-0.2, -0.15) is 0 Å². The van der Waals surface area contributed by atoms with E-state index >= 15 is 0 Å². The maximum Gasteiger partial charge on any atom is 0.160 e. The molecule has 0 atom stereocenters. The van der Waals surface area contributed by atoms with Gasteiger partial charge in [-0.05, 0) is 31.6 Å². The molecule has 0 radical (unpaired) electrons. The Labute approximate surface area is 106 Å². The van der Waals surface area contributed by atoms with Gasteiger partial charge in [0.1, 0.15) is 0 Å². The van der Waals surface area contributed by atoms with Gasteiger partial charge in [0.05, 0.1) is 0 Å². The molecule has 0 saturated carbocycles. The number of anilines is 1. The van der Waals surface area contributed by atoms with Crippen LogP contribution in [-0.4, -0.2) is 44.2 Å². The predicted molar refractivity (Wildman–Crippen MR) is 68.7 cm³/mol. The van der Waals surface area contributed by atoms with E-state index in [-0.39, 0.29) is 0 Å². The summed E-state index contributed by atoms with van der Waals surface area (Å²) in [5.74, 6) is -1.57. The van der Waals surface area contributed by atoms with Crippen molar-refractivity contribution in [2.24, 2.45) is 5.73 Å². The summed E-state index contributed by atoms with van der Waals surface area (Å²) in [6, 6.07) is 4.09. The van der Waals surface area contributed by atoms with Crippen LogP contribution in [0.15, 0.2) is 18.2 Å². The maximum absolute atomic E-state index is 13.2. The van der Waals surface area contributed by atoms with E-state index in [9.17, 15) is 8.78 Å². The van der Waals surface area contributed by atoms with E-state index in [0.29, 0.717) is 6.54 Å². The zero-order valence-electron chi connectivity index (χ0n) is 10.4. The minimum absolute atomic E-state index is 0.712. The van der Waals surface area contributed by atoms with E-state index in [4.69, 9.17) is 5.73 Å². The molecule has 2 N–H and O–H groups in total. The molecule has 0 amide bonds. The molecule has 3 nitrogen and oxygen atoms in total. The Balaban J connectivity index is 1.90. The third kappa shape index (κ3) is 3.17. The molecule has 0 aromatic heterocycles. The zero-order valence-corrected chi connectivity index (χ0v) is 10.4. The highest BCUT2D eigenvalue weighted by Gasteiger charge is 2.17. The van der Waals surface area contributed by atoms with Crippen molar-refractivity contribution in [1.29, 1.82) is 0 Å². The fourth-order valence-corrected chi connectivity index (χ4v) is 2.23. The number of nitrogens with zero attached hydrogens (tertiary/aromatic N) is 2. The van der Waals surface area contributed by atoms with E-state index in [2.05, 4.69) is 9.80 Å². The third-order valence-electron chi connectivity index (χ3n) is 3.32. The average molecular weight is 255 g/mol. The second-order valence-corrected chi connectivity index (χ2v) is 4.57. The van der Waals surface area contributed by atoms with Gasteiger partial charge in [0.2, 0.25) is 0 Å². The van der Waals surface area contributed by atoms with E-state index in [0.717, 1.165) is 44.8 Å². The van der Waals surface area contributed by atoms with Gasteiger partial charge < -0.3 is 10.6 Å². The number of nitrogens with two attached hydrogens (primary N) is 1. The lowest BCUT2D eigenvalue weighted by molar-refractivity contribution is 0.256. The topological polar surface area (TPSA) is 32.5 Å². The molecule has 1 fully saturated rings. The summed E-state index contributed by atoms with van der Waals surface area (Å²) in [5, 5.41) is 0. The van der Waals surface area contributed by atoms with Crippen molar-refractivity contribution in [2.45, 2.75) is 6.42 Å². The molecule has 1 aromatic rings. The van der Waals surface area contributed by atoms with Gasteiger partial charge >= 0.3 is 0 Å². The van der Waals surface area contributed by atoms with Crippen LogP contribution in [0.2, 0.25) is 0 Å². The lowest BCUT2D eigenvalue weighted by Crippen LogP contribution is -2.46. The van der Waals surface area contributed by atoms with Gasteiger partial charge in [0.25, 0.3) is 0 Å². The molecule has 1 saturated heterocycles. The second-order valence-electron chi connectivity index (χ2n) is 4.57. The van der Waals surface area contributed by atoms with Crippen molar-refractivity contribution in [2.75, 3.05) is 44.2 Å². The van der Waals surface area contributed by atoms with Crippen LogP contribution < -0.4 is 10.6 Å². The van der Waals surface area contributed by atoms with Crippen molar-refractivity contribution in [3.63, 3.8) is 0 Å². The summed E-state index contributed by atoms with van der Waals surface area (Å²) in [5.41, 5.74) is 6.24. The summed E-state index contributed by atoms with van der Waals surface area (Å²) in [6.45, 7) is 5.30. The van der Waals surface area contributed by atoms with Crippen molar-refractivity contribution < 1.29 is 8.78 Å². The Kier molecular flexibility index (Phi) is 4.49. The Bertz CT molecular complexity index is 390. The number of benzene rings is 1. The van der Waals surface area contributed by atoms with Crippen molar-refractivity contribution >= 4 is 5.69 Å². The number of piperazine rings is 1. The predicted octanol–water partition coefficient (Wildman–Crippen LogP) is 1.44. The number of halogens is 2. The smallest absolute Gasteiger partial charge is 0.160 e. The molecule has 5 heteroatoms. The third-order valence-corrected chi connectivity index (χ3v) is 3.32. The van der Waals surface area contributed by atoms with Crippen LogP contribution in [0.1, 0.15) is 6.42 Å². The van der Waals surface area contributed by atoms with Crippen LogP contribution in [0.25, 0.3) is 0 Å². The Morgan fingerprint density at radius 3 is 2.39 bits per heavy atom. The number of hydrogen-bond acceptors (Lipinski definition) is 3. The van der Waals surface area contributed by atoms with Crippen molar-refractivity contribution in [1.82, 2.24) is 4.90 Å². The maximum atomic E-state index is 13.2. The van der Waals surface area contributed by atoms with E-state index in [1.807, 2.05) is 0 Å². The van der Waals surface area contributed by atoms with Gasteiger partial charge in [0, 0.05) is 37.9 Å². The van der Waals surface area contributed by atoms with Gasteiger partial charge in [-0.15, -0.1) is 0 Å². The normalized spacial score (nSPS) is 17.2. The zero-order chi connectivity index (χ0) is 13.0. The summed E-state index contributed by atoms with van der Waals surface area (Å²) >= 11 is 0. The molecular formula is C13H19F2N3. The van der Waals surface area contributed by atoms with Gasteiger partial charge in [-0.3, -0.25) is 4.90 Å². The fourth-order valence-electron chi connectivity index (χ4n) is 2.23. The van der Waals surface area contributed by atoms with Gasteiger partial charge in [0.15, 0.2) is 11.6 Å². The van der Waals surface area contributed by atoms with Crippen molar-refractivity contribution in [3.8, 4) is 0 Å².